The van der Waals surface area contributed by atoms with E-state index in [1.165, 1.54) is 12.7 Å². The van der Waals surface area contributed by atoms with Gasteiger partial charge in [-0.25, -0.2) is 4.79 Å². The number of carbonyl (C=O) groups is 2. The number of ether oxygens (including phenoxy) is 1. The van der Waals surface area contributed by atoms with Crippen molar-refractivity contribution in [2.45, 2.75) is 58.1 Å². The first kappa shape index (κ1) is 17.4. The molecule has 1 spiro atoms. The Labute approximate surface area is 165 Å². The summed E-state index contributed by atoms with van der Waals surface area (Å²) in [5, 5.41) is 12.2. The van der Waals surface area contributed by atoms with E-state index < -0.39 is 16.6 Å². The molecule has 6 aliphatic rings. The summed E-state index contributed by atoms with van der Waals surface area (Å²) in [5.74, 6) is 0.398. The Morgan fingerprint density at radius 3 is 2.79 bits per heavy atom. The van der Waals surface area contributed by atoms with Crippen molar-refractivity contribution in [1.82, 2.24) is 4.90 Å². The van der Waals surface area contributed by atoms with Gasteiger partial charge in [-0.2, -0.15) is 0 Å². The summed E-state index contributed by atoms with van der Waals surface area (Å²) in [5.41, 5.74) is 2.06. The van der Waals surface area contributed by atoms with Crippen LogP contribution in [0.5, 0.6) is 0 Å². The van der Waals surface area contributed by atoms with Crippen molar-refractivity contribution in [3.05, 3.63) is 22.3 Å². The number of rotatable bonds is 1. The molecule has 2 aliphatic heterocycles. The van der Waals surface area contributed by atoms with Crippen molar-refractivity contribution < 1.29 is 19.4 Å². The molecular weight excluding hydrogens is 354 g/mol. The number of hydrogen-bond donors (Lipinski definition) is 1. The van der Waals surface area contributed by atoms with Crippen molar-refractivity contribution in [3.8, 4) is 0 Å². The second kappa shape index (κ2) is 4.99. The normalized spacial score (nSPS) is 48.9. The number of Topliss-reactive ketones (excluding diaryl/α,β-unsaturated/α-hetero) is 1. The lowest BCUT2D eigenvalue weighted by atomic mass is 9.44. The molecule has 2 heterocycles. The summed E-state index contributed by atoms with van der Waals surface area (Å²) in [6, 6.07) is 0. The van der Waals surface area contributed by atoms with Crippen molar-refractivity contribution in [2.24, 2.45) is 28.6 Å². The highest BCUT2D eigenvalue weighted by molar-refractivity contribution is 6.01. The molecule has 4 aliphatic carbocycles. The zero-order valence-electron chi connectivity index (χ0n) is 17.0. The average molecular weight is 383 g/mol. The van der Waals surface area contributed by atoms with Crippen LogP contribution in [0.2, 0.25) is 0 Å². The lowest BCUT2D eigenvalue weighted by Gasteiger charge is -2.63. The Morgan fingerprint density at radius 1 is 1.25 bits per heavy atom. The quantitative estimate of drug-likeness (QED) is 0.705. The molecule has 150 valence electrons. The number of hydrogen-bond acceptors (Lipinski definition) is 5. The van der Waals surface area contributed by atoms with Gasteiger partial charge < -0.3 is 9.84 Å². The van der Waals surface area contributed by atoms with E-state index in [0.717, 1.165) is 49.9 Å². The first-order chi connectivity index (χ1) is 13.3. The SMILES string of the molecule is COC(=O)C1=C2CCC3=C2[C@@]2(C1)C(=O)[C@@H]1C[C@@]4(O)N(C[C@@H](CC3)[C@@]24C)C[C@H]1C. The van der Waals surface area contributed by atoms with Crippen LogP contribution in [0.15, 0.2) is 22.3 Å². The van der Waals surface area contributed by atoms with Crippen LogP contribution in [0.25, 0.3) is 0 Å². The number of nitrogens with zero attached hydrogens (tertiary/aromatic N) is 1. The fourth-order valence-electron chi connectivity index (χ4n) is 8.43. The Hall–Kier alpha value is -1.46. The maximum Gasteiger partial charge on any atom is 0.334 e. The van der Waals surface area contributed by atoms with Crippen LogP contribution in [-0.4, -0.2) is 47.7 Å². The molecule has 2 bridgehead atoms. The molecule has 6 rings (SSSR count). The molecule has 0 aromatic carbocycles. The monoisotopic (exact) mass is 383 g/mol. The van der Waals surface area contributed by atoms with Crippen LogP contribution in [0, 0.1) is 28.6 Å². The number of fused-ring (bicyclic) bond motifs is 1. The number of esters is 1. The van der Waals surface area contributed by atoms with Crippen LogP contribution < -0.4 is 0 Å². The van der Waals surface area contributed by atoms with Gasteiger partial charge in [-0.05, 0) is 55.1 Å². The third-order valence-corrected chi connectivity index (χ3v) is 9.75. The molecule has 3 fully saturated rings. The molecule has 5 heteroatoms. The summed E-state index contributed by atoms with van der Waals surface area (Å²) in [7, 11) is 1.43. The van der Waals surface area contributed by atoms with E-state index in [4.69, 9.17) is 4.74 Å². The molecule has 5 nitrogen and oxygen atoms in total. The summed E-state index contributed by atoms with van der Waals surface area (Å²) < 4.78 is 5.14. The fraction of sp³-hybridized carbons (Fsp3) is 0.739. The van der Waals surface area contributed by atoms with Gasteiger partial charge in [0, 0.05) is 36.4 Å². The second-order valence-electron chi connectivity index (χ2n) is 10.3. The molecule has 2 saturated heterocycles. The van der Waals surface area contributed by atoms with Crippen LogP contribution in [-0.2, 0) is 14.3 Å². The Bertz CT molecular complexity index is 902. The third kappa shape index (κ3) is 1.52. The van der Waals surface area contributed by atoms with Gasteiger partial charge in [0.1, 0.15) is 11.5 Å². The lowest BCUT2D eigenvalue weighted by molar-refractivity contribution is -0.244. The number of ketones is 1. The highest BCUT2D eigenvalue weighted by atomic mass is 16.5. The van der Waals surface area contributed by atoms with Gasteiger partial charge in [-0.15, -0.1) is 0 Å². The Kier molecular flexibility index (Phi) is 3.10. The van der Waals surface area contributed by atoms with E-state index in [1.54, 1.807) is 0 Å². The van der Waals surface area contributed by atoms with Gasteiger partial charge in [0.25, 0.3) is 0 Å². The average Bonchev–Trinajstić information content (AvgIpc) is 3.27. The fourth-order valence-corrected chi connectivity index (χ4v) is 8.43. The smallest absolute Gasteiger partial charge is 0.334 e. The largest absolute Gasteiger partial charge is 0.466 e. The maximum atomic E-state index is 14.3. The minimum atomic E-state index is -0.954. The first-order valence-electron chi connectivity index (χ1n) is 10.8. The molecule has 0 unspecified atom stereocenters. The van der Waals surface area contributed by atoms with E-state index >= 15 is 0 Å². The van der Waals surface area contributed by atoms with Gasteiger partial charge in [-0.1, -0.05) is 19.4 Å². The van der Waals surface area contributed by atoms with E-state index in [-0.39, 0.29) is 23.7 Å². The molecule has 1 saturated carbocycles. The predicted octanol–water partition coefficient (Wildman–Crippen LogP) is 2.60. The molecule has 6 atom stereocenters. The standard InChI is InChI=1S/C23H29NO4/c1-12-10-24-11-14-6-4-13-5-7-15-17(20(26)28-3)8-22(18(13)15)19(25)16(12)9-23(24,27)21(14,22)2/h12,14,16,27H,4-11H2,1-3H3/t12-,14-,16-,21+,22+,23+/m1/s1. The summed E-state index contributed by atoms with van der Waals surface area (Å²) in [6.45, 7) is 5.99. The minimum Gasteiger partial charge on any atom is -0.466 e. The Balaban J connectivity index is 1.67. The van der Waals surface area contributed by atoms with E-state index in [1.807, 2.05) is 0 Å². The predicted molar refractivity (Wildman–Crippen MR) is 102 cm³/mol. The molecule has 1 N–H and O–H groups in total. The maximum absolute atomic E-state index is 14.3. The van der Waals surface area contributed by atoms with E-state index in [0.29, 0.717) is 24.2 Å². The van der Waals surface area contributed by atoms with Gasteiger partial charge in [0.15, 0.2) is 0 Å². The zero-order chi connectivity index (χ0) is 19.6. The van der Waals surface area contributed by atoms with Crippen LogP contribution in [0.1, 0.15) is 52.4 Å². The summed E-state index contributed by atoms with van der Waals surface area (Å²) >= 11 is 0. The molecule has 0 aromatic heterocycles. The third-order valence-electron chi connectivity index (χ3n) is 9.75. The molecule has 28 heavy (non-hydrogen) atoms. The van der Waals surface area contributed by atoms with Gasteiger partial charge in [0.05, 0.1) is 12.5 Å². The van der Waals surface area contributed by atoms with Crippen molar-refractivity contribution >= 4 is 11.8 Å². The first-order valence-corrected chi connectivity index (χ1v) is 10.8. The van der Waals surface area contributed by atoms with Crippen LogP contribution in [0.4, 0.5) is 0 Å². The van der Waals surface area contributed by atoms with Gasteiger partial charge in [-0.3, -0.25) is 9.69 Å². The van der Waals surface area contributed by atoms with Crippen LogP contribution in [0.3, 0.4) is 0 Å². The van der Waals surface area contributed by atoms with E-state index in [9.17, 15) is 14.7 Å². The van der Waals surface area contributed by atoms with Gasteiger partial charge in [0.2, 0.25) is 0 Å². The molecule has 0 aromatic rings. The second-order valence-corrected chi connectivity index (χ2v) is 10.3. The number of carbonyl (C=O) groups excluding carboxylic acids is 2. The van der Waals surface area contributed by atoms with Gasteiger partial charge >= 0.3 is 5.97 Å². The van der Waals surface area contributed by atoms with Crippen molar-refractivity contribution in [1.29, 1.82) is 0 Å². The van der Waals surface area contributed by atoms with E-state index in [2.05, 4.69) is 18.7 Å². The highest BCUT2D eigenvalue weighted by Crippen LogP contribution is 2.76. The topological polar surface area (TPSA) is 66.8 Å². The summed E-state index contributed by atoms with van der Waals surface area (Å²) in [4.78, 5) is 29.3. The molecule has 0 amide bonds. The number of methoxy groups -OCH3 is 1. The Morgan fingerprint density at radius 2 is 2.04 bits per heavy atom. The lowest BCUT2D eigenvalue weighted by Crippen LogP contribution is -2.72. The van der Waals surface area contributed by atoms with Crippen LogP contribution >= 0.6 is 0 Å². The van der Waals surface area contributed by atoms with Crippen molar-refractivity contribution in [2.75, 3.05) is 20.2 Å². The minimum absolute atomic E-state index is 0.126. The number of allylic oxidation sites excluding steroid dienone is 3. The highest BCUT2D eigenvalue weighted by Gasteiger charge is 2.79. The molecule has 0 radical (unpaired) electrons. The summed E-state index contributed by atoms with van der Waals surface area (Å²) in [6.07, 6.45) is 4.79. The molecular formula is C23H29NO4. The number of aliphatic hydroxyl groups is 1. The zero-order valence-corrected chi connectivity index (χ0v) is 17.0. The number of piperidine rings is 1. The van der Waals surface area contributed by atoms with Crippen molar-refractivity contribution in [3.63, 3.8) is 0 Å².